The summed E-state index contributed by atoms with van der Waals surface area (Å²) in [6, 6.07) is 4.72. The van der Waals surface area contributed by atoms with E-state index >= 15 is 0 Å². The molecule has 1 unspecified atom stereocenters. The minimum atomic E-state index is -4.64. The summed E-state index contributed by atoms with van der Waals surface area (Å²) in [6.07, 6.45) is -4.20. The quantitative estimate of drug-likeness (QED) is 0.385. The lowest BCUT2D eigenvalue weighted by Crippen LogP contribution is -2.46. The Balaban J connectivity index is 1.47. The van der Waals surface area contributed by atoms with Crippen molar-refractivity contribution in [2.75, 3.05) is 11.4 Å². The maximum atomic E-state index is 13.4. The van der Waals surface area contributed by atoms with Gasteiger partial charge < -0.3 is 25.0 Å². The molecule has 13 heteroatoms. The lowest BCUT2D eigenvalue weighted by Gasteiger charge is -2.22. The zero-order chi connectivity index (χ0) is 24.0. The molecule has 2 amide bonds. The van der Waals surface area contributed by atoms with Crippen LogP contribution in [-0.4, -0.2) is 39.4 Å². The molecule has 2 aromatic heterocycles. The highest BCUT2D eigenvalue weighted by Crippen LogP contribution is 2.37. The number of anilines is 1. The minimum Gasteiger partial charge on any atom is -0.407 e. The average Bonchev–Trinajstić information content (AvgIpc) is 3.27. The van der Waals surface area contributed by atoms with Gasteiger partial charge in [0.2, 0.25) is 0 Å². The van der Waals surface area contributed by atoms with E-state index in [0.717, 1.165) is 35.5 Å². The van der Waals surface area contributed by atoms with Crippen molar-refractivity contribution >= 4 is 40.3 Å². The molecule has 3 N–H and O–H groups in total. The number of carbonyl (C=O) groups excluding carboxylic acids is 2. The van der Waals surface area contributed by atoms with Crippen LogP contribution >= 0.6 is 11.6 Å². The molecule has 0 radical (unpaired) electrons. The van der Waals surface area contributed by atoms with E-state index in [-0.39, 0.29) is 41.3 Å². The number of amides is 2. The number of nitrogens with zero attached hydrogens (tertiary/aromatic N) is 2. The van der Waals surface area contributed by atoms with Crippen LogP contribution in [0.4, 0.5) is 28.0 Å². The van der Waals surface area contributed by atoms with Crippen LogP contribution in [0.5, 0.6) is 0 Å². The molecule has 33 heavy (non-hydrogen) atoms. The number of nitrogens with one attached hydrogen (secondary N) is 2. The number of ether oxygens (including phenoxy) is 1. The Morgan fingerprint density at radius 1 is 1.33 bits per heavy atom. The second-order valence-electron chi connectivity index (χ2n) is 7.30. The van der Waals surface area contributed by atoms with Crippen molar-refractivity contribution in [2.24, 2.45) is 0 Å². The van der Waals surface area contributed by atoms with Gasteiger partial charge in [0.15, 0.2) is 0 Å². The van der Waals surface area contributed by atoms with Crippen LogP contribution in [0.15, 0.2) is 36.7 Å². The average molecular weight is 487 g/mol. The Hall–Kier alpha value is -3.38. The number of benzene rings is 1. The van der Waals surface area contributed by atoms with Crippen molar-refractivity contribution in [1.29, 1.82) is 0 Å². The number of hydrogen-bond donors (Lipinski definition) is 3. The summed E-state index contributed by atoms with van der Waals surface area (Å²) in [5, 5.41) is 12.7. The van der Waals surface area contributed by atoms with E-state index in [4.69, 9.17) is 16.3 Å². The van der Waals surface area contributed by atoms with Gasteiger partial charge in [0.05, 0.1) is 17.4 Å². The van der Waals surface area contributed by atoms with Gasteiger partial charge in [0.25, 0.3) is 11.7 Å². The van der Waals surface area contributed by atoms with Gasteiger partial charge in [-0.05, 0) is 29.8 Å². The summed E-state index contributed by atoms with van der Waals surface area (Å²) >= 11 is 5.74. The number of aromatic amines is 1. The van der Waals surface area contributed by atoms with E-state index in [2.05, 4.69) is 15.3 Å². The highest BCUT2D eigenvalue weighted by atomic mass is 35.5. The smallest absolute Gasteiger partial charge is 0.407 e. The number of H-pyrrole nitrogens is 1. The predicted octanol–water partition coefficient (Wildman–Crippen LogP) is 3.73. The fourth-order valence-electron chi connectivity index (χ4n) is 3.47. The molecule has 1 saturated heterocycles. The number of rotatable bonds is 4. The van der Waals surface area contributed by atoms with Gasteiger partial charge >= 0.3 is 12.3 Å². The molecule has 1 aliphatic rings. The molecule has 1 fully saturated rings. The SMILES string of the molecule is O=C(NCc1cc(F)cc(Cl)c1)OC1(O)CCN(c2cnc3[nH]cc(C(F)(F)F)c3c2)C1=O. The fourth-order valence-corrected chi connectivity index (χ4v) is 3.72. The third-order valence-electron chi connectivity index (χ3n) is 5.01. The van der Waals surface area contributed by atoms with E-state index in [1.54, 1.807) is 0 Å². The Morgan fingerprint density at radius 3 is 2.79 bits per heavy atom. The molecule has 0 saturated carbocycles. The van der Waals surface area contributed by atoms with Gasteiger partial charge in [-0.15, -0.1) is 0 Å². The van der Waals surface area contributed by atoms with Crippen molar-refractivity contribution in [3.8, 4) is 0 Å². The first-order chi connectivity index (χ1) is 15.5. The maximum Gasteiger partial charge on any atom is 0.418 e. The summed E-state index contributed by atoms with van der Waals surface area (Å²) in [5.41, 5.74) is -0.676. The van der Waals surface area contributed by atoms with Crippen LogP contribution in [0.2, 0.25) is 5.02 Å². The van der Waals surface area contributed by atoms with Crippen LogP contribution < -0.4 is 10.2 Å². The molecule has 174 valence electrons. The standard InChI is InChI=1S/C20H15ClF4N4O4/c21-11-3-10(4-12(22)5-11)7-28-18(31)33-19(32)1-2-29(17(19)30)13-6-14-15(20(23,24)25)9-27-16(14)26-8-13/h3-6,8-9,32H,1-2,7H2,(H,26,27)(H,28,31). The van der Waals surface area contributed by atoms with Gasteiger partial charge in [-0.1, -0.05) is 11.6 Å². The van der Waals surface area contributed by atoms with Crippen LogP contribution in [0.25, 0.3) is 11.0 Å². The zero-order valence-corrected chi connectivity index (χ0v) is 17.3. The number of aliphatic hydroxyl groups is 1. The molecule has 0 bridgehead atoms. The zero-order valence-electron chi connectivity index (χ0n) is 16.5. The molecule has 1 aromatic carbocycles. The largest absolute Gasteiger partial charge is 0.418 e. The summed E-state index contributed by atoms with van der Waals surface area (Å²) in [4.78, 5) is 32.1. The van der Waals surface area contributed by atoms with E-state index < -0.39 is 35.3 Å². The molecule has 4 rings (SSSR count). The van der Waals surface area contributed by atoms with Crippen molar-refractivity contribution < 1.29 is 37.0 Å². The van der Waals surface area contributed by atoms with E-state index in [1.807, 2.05) is 0 Å². The first-order valence-electron chi connectivity index (χ1n) is 9.47. The van der Waals surface area contributed by atoms with Gasteiger partial charge in [0.1, 0.15) is 11.5 Å². The topological polar surface area (TPSA) is 108 Å². The summed E-state index contributed by atoms with van der Waals surface area (Å²) < 4.78 is 57.8. The van der Waals surface area contributed by atoms with Crippen molar-refractivity contribution in [2.45, 2.75) is 24.9 Å². The van der Waals surface area contributed by atoms with Crippen LogP contribution in [-0.2, 0) is 22.3 Å². The Kier molecular flexibility index (Phi) is 5.66. The van der Waals surface area contributed by atoms with Crippen molar-refractivity contribution in [3.63, 3.8) is 0 Å². The van der Waals surface area contributed by atoms with Crippen molar-refractivity contribution in [3.05, 3.63) is 58.6 Å². The van der Waals surface area contributed by atoms with Gasteiger partial charge in [-0.2, -0.15) is 13.2 Å². The second kappa shape index (κ2) is 8.19. The van der Waals surface area contributed by atoms with E-state index in [1.165, 1.54) is 6.07 Å². The lowest BCUT2D eigenvalue weighted by atomic mass is 10.2. The molecule has 1 atom stereocenters. The number of pyridine rings is 1. The lowest BCUT2D eigenvalue weighted by molar-refractivity contribution is -0.175. The highest BCUT2D eigenvalue weighted by molar-refractivity contribution is 6.30. The summed E-state index contributed by atoms with van der Waals surface area (Å²) in [5.74, 6) is -4.20. The molecule has 0 spiro atoms. The highest BCUT2D eigenvalue weighted by Gasteiger charge is 2.50. The number of fused-ring (bicyclic) bond motifs is 1. The number of alkyl carbamates (subject to hydrolysis) is 1. The van der Waals surface area contributed by atoms with E-state index in [0.29, 0.717) is 5.56 Å². The van der Waals surface area contributed by atoms with Gasteiger partial charge in [-0.25, -0.2) is 14.2 Å². The predicted molar refractivity (Wildman–Crippen MR) is 108 cm³/mol. The van der Waals surface area contributed by atoms with E-state index in [9.17, 15) is 32.3 Å². The van der Waals surface area contributed by atoms with Gasteiger partial charge in [0, 0.05) is 36.1 Å². The van der Waals surface area contributed by atoms with Crippen molar-refractivity contribution in [1.82, 2.24) is 15.3 Å². The molecule has 0 aliphatic carbocycles. The fraction of sp³-hybridized carbons (Fsp3) is 0.250. The van der Waals surface area contributed by atoms with Gasteiger partial charge in [-0.3, -0.25) is 4.79 Å². The molecule has 3 aromatic rings. The normalized spacial score (nSPS) is 18.7. The Morgan fingerprint density at radius 2 is 2.09 bits per heavy atom. The monoisotopic (exact) mass is 486 g/mol. The molecule has 1 aliphatic heterocycles. The maximum absolute atomic E-state index is 13.4. The molecule has 3 heterocycles. The van der Waals surface area contributed by atoms with Crippen LogP contribution in [0.1, 0.15) is 17.5 Å². The number of halogens is 5. The molecular weight excluding hydrogens is 472 g/mol. The minimum absolute atomic E-state index is 0.00747. The number of aromatic nitrogens is 2. The number of hydrogen-bond acceptors (Lipinski definition) is 5. The third kappa shape index (κ3) is 4.57. The first kappa shape index (κ1) is 22.8. The Labute approximate surface area is 188 Å². The first-order valence-corrected chi connectivity index (χ1v) is 9.84. The Bertz CT molecular complexity index is 1230. The third-order valence-corrected chi connectivity index (χ3v) is 5.23. The van der Waals surface area contributed by atoms with Crippen LogP contribution in [0, 0.1) is 5.82 Å². The summed E-state index contributed by atoms with van der Waals surface area (Å²) in [7, 11) is 0. The number of alkyl halides is 3. The molecular formula is C20H15ClF4N4O4. The second-order valence-corrected chi connectivity index (χ2v) is 7.74. The van der Waals surface area contributed by atoms with Crippen LogP contribution in [0.3, 0.4) is 0 Å². The summed E-state index contributed by atoms with van der Waals surface area (Å²) in [6.45, 7) is -0.334. The number of carbonyl (C=O) groups is 2. The molecule has 8 nitrogen and oxygen atoms in total.